The zero-order chi connectivity index (χ0) is 19.6. The SMILES string of the molecule is CCCCOc1ccc(C#Cc2ccc(C3=CCC(CCC)CC3)cc2)cc1. The molecule has 28 heavy (non-hydrogen) atoms. The Balaban J connectivity index is 1.58. The minimum Gasteiger partial charge on any atom is -0.494 e. The van der Waals surface area contributed by atoms with Crippen molar-refractivity contribution in [1.29, 1.82) is 0 Å². The molecule has 0 spiro atoms. The standard InChI is InChI=1S/C27H32O/c1-3-5-21-28-27-19-13-24(14-20-27)8-7-23-11-17-26(18-12-23)25-15-9-22(6-4-2)10-16-25/h11-15,17-20,22H,3-6,9-10,16,21H2,1-2H3. The number of ether oxygens (including phenoxy) is 1. The molecule has 1 aliphatic rings. The van der Waals surface area contributed by atoms with Crippen LogP contribution < -0.4 is 4.74 Å². The van der Waals surface area contributed by atoms with Crippen molar-refractivity contribution in [2.24, 2.45) is 5.92 Å². The van der Waals surface area contributed by atoms with Crippen LogP contribution in [0.15, 0.2) is 54.6 Å². The lowest BCUT2D eigenvalue weighted by molar-refractivity contribution is 0.309. The Hall–Kier alpha value is -2.46. The van der Waals surface area contributed by atoms with Crippen LogP contribution in [0.25, 0.3) is 5.57 Å². The lowest BCUT2D eigenvalue weighted by Gasteiger charge is -2.21. The fourth-order valence-electron chi connectivity index (χ4n) is 3.70. The largest absolute Gasteiger partial charge is 0.494 e. The zero-order valence-electron chi connectivity index (χ0n) is 17.3. The molecule has 146 valence electrons. The van der Waals surface area contributed by atoms with E-state index in [4.69, 9.17) is 4.74 Å². The molecule has 1 aliphatic carbocycles. The highest BCUT2D eigenvalue weighted by atomic mass is 16.5. The van der Waals surface area contributed by atoms with E-state index >= 15 is 0 Å². The van der Waals surface area contributed by atoms with Crippen molar-refractivity contribution in [3.63, 3.8) is 0 Å². The lowest BCUT2D eigenvalue weighted by atomic mass is 9.84. The summed E-state index contributed by atoms with van der Waals surface area (Å²) in [6.07, 6.45) is 11.1. The molecule has 0 heterocycles. The fourth-order valence-corrected chi connectivity index (χ4v) is 3.70. The van der Waals surface area contributed by atoms with Gasteiger partial charge in [-0.3, -0.25) is 0 Å². The number of benzene rings is 2. The van der Waals surface area contributed by atoms with Crippen molar-refractivity contribution < 1.29 is 4.74 Å². The molecule has 0 fully saturated rings. The maximum Gasteiger partial charge on any atom is 0.119 e. The van der Waals surface area contributed by atoms with Crippen LogP contribution in [-0.4, -0.2) is 6.61 Å². The molecule has 0 amide bonds. The van der Waals surface area contributed by atoms with Gasteiger partial charge in [0.1, 0.15) is 5.75 Å². The monoisotopic (exact) mass is 372 g/mol. The molecule has 0 N–H and O–H groups in total. The fraction of sp³-hybridized carbons (Fsp3) is 0.407. The van der Waals surface area contributed by atoms with Crippen molar-refractivity contribution in [2.45, 2.75) is 58.8 Å². The predicted octanol–water partition coefficient (Wildman–Crippen LogP) is 7.25. The van der Waals surface area contributed by atoms with Gasteiger partial charge in [-0.25, -0.2) is 0 Å². The van der Waals surface area contributed by atoms with E-state index < -0.39 is 0 Å². The van der Waals surface area contributed by atoms with Crippen molar-refractivity contribution in [1.82, 2.24) is 0 Å². The van der Waals surface area contributed by atoms with Crippen LogP contribution in [0, 0.1) is 17.8 Å². The number of hydrogen-bond donors (Lipinski definition) is 0. The van der Waals surface area contributed by atoms with Crippen LogP contribution in [0.3, 0.4) is 0 Å². The van der Waals surface area contributed by atoms with E-state index in [-0.39, 0.29) is 0 Å². The molecule has 0 saturated heterocycles. The number of hydrogen-bond acceptors (Lipinski definition) is 1. The zero-order valence-corrected chi connectivity index (χ0v) is 17.3. The molecule has 2 aromatic carbocycles. The molecule has 0 radical (unpaired) electrons. The molecule has 2 aromatic rings. The van der Waals surface area contributed by atoms with Crippen LogP contribution >= 0.6 is 0 Å². The smallest absolute Gasteiger partial charge is 0.119 e. The molecule has 0 aromatic heterocycles. The Bertz CT molecular complexity index is 815. The third-order valence-corrected chi connectivity index (χ3v) is 5.44. The van der Waals surface area contributed by atoms with Crippen molar-refractivity contribution in [2.75, 3.05) is 6.61 Å². The van der Waals surface area contributed by atoms with E-state index in [9.17, 15) is 0 Å². The molecule has 1 heteroatoms. The van der Waals surface area contributed by atoms with Crippen LogP contribution in [-0.2, 0) is 0 Å². The molecule has 3 rings (SSSR count). The average Bonchev–Trinajstić information content (AvgIpc) is 2.75. The van der Waals surface area contributed by atoms with Crippen LogP contribution in [0.4, 0.5) is 0 Å². The summed E-state index contributed by atoms with van der Waals surface area (Å²) in [5.74, 6) is 8.34. The van der Waals surface area contributed by atoms with Crippen molar-refractivity contribution in [3.05, 3.63) is 71.3 Å². The minimum absolute atomic E-state index is 0.781. The predicted molar refractivity (Wildman–Crippen MR) is 119 cm³/mol. The first-order chi connectivity index (χ1) is 13.8. The Morgan fingerprint density at radius 2 is 1.57 bits per heavy atom. The van der Waals surface area contributed by atoms with Gasteiger partial charge in [0, 0.05) is 11.1 Å². The van der Waals surface area contributed by atoms with Gasteiger partial charge in [0.25, 0.3) is 0 Å². The van der Waals surface area contributed by atoms with Gasteiger partial charge in [0.15, 0.2) is 0 Å². The molecule has 1 nitrogen and oxygen atoms in total. The van der Waals surface area contributed by atoms with Gasteiger partial charge < -0.3 is 4.74 Å². The van der Waals surface area contributed by atoms with Gasteiger partial charge in [0.2, 0.25) is 0 Å². The second-order valence-corrected chi connectivity index (χ2v) is 7.71. The van der Waals surface area contributed by atoms with Crippen molar-refractivity contribution in [3.8, 4) is 17.6 Å². The van der Waals surface area contributed by atoms with Gasteiger partial charge in [-0.2, -0.15) is 0 Å². The molecular formula is C27H32O. The third-order valence-electron chi connectivity index (χ3n) is 5.44. The summed E-state index contributed by atoms with van der Waals surface area (Å²) in [5, 5.41) is 0. The van der Waals surface area contributed by atoms with E-state index in [2.05, 4.69) is 56.0 Å². The van der Waals surface area contributed by atoms with Gasteiger partial charge in [-0.1, -0.05) is 63.2 Å². The van der Waals surface area contributed by atoms with E-state index in [1.165, 1.54) is 43.2 Å². The van der Waals surface area contributed by atoms with Gasteiger partial charge in [-0.15, -0.1) is 0 Å². The normalized spacial score (nSPS) is 16.1. The first-order valence-corrected chi connectivity index (χ1v) is 10.8. The van der Waals surface area contributed by atoms with E-state index in [0.717, 1.165) is 42.2 Å². The van der Waals surface area contributed by atoms with E-state index in [1.807, 2.05) is 24.3 Å². The number of unbranched alkanes of at least 4 members (excludes halogenated alkanes) is 1. The third kappa shape index (κ3) is 6.03. The summed E-state index contributed by atoms with van der Waals surface area (Å²) in [7, 11) is 0. The lowest BCUT2D eigenvalue weighted by Crippen LogP contribution is -2.04. The second-order valence-electron chi connectivity index (χ2n) is 7.71. The van der Waals surface area contributed by atoms with Crippen molar-refractivity contribution >= 4 is 5.57 Å². The Morgan fingerprint density at radius 3 is 2.14 bits per heavy atom. The van der Waals surface area contributed by atoms with E-state index in [1.54, 1.807) is 0 Å². The first-order valence-electron chi connectivity index (χ1n) is 10.8. The maximum atomic E-state index is 5.70. The summed E-state index contributed by atoms with van der Waals surface area (Å²) in [6, 6.07) is 16.8. The summed E-state index contributed by atoms with van der Waals surface area (Å²) >= 11 is 0. The second kappa shape index (κ2) is 10.8. The summed E-state index contributed by atoms with van der Waals surface area (Å²) in [4.78, 5) is 0. The topological polar surface area (TPSA) is 9.23 Å². The van der Waals surface area contributed by atoms with Crippen LogP contribution in [0.2, 0.25) is 0 Å². The maximum absolute atomic E-state index is 5.70. The van der Waals surface area contributed by atoms with Gasteiger partial charge >= 0.3 is 0 Å². The molecule has 0 aliphatic heterocycles. The van der Waals surface area contributed by atoms with Crippen LogP contribution in [0.1, 0.15) is 75.5 Å². The number of rotatable bonds is 7. The Kier molecular flexibility index (Phi) is 7.80. The van der Waals surface area contributed by atoms with E-state index in [0.29, 0.717) is 0 Å². The quantitative estimate of drug-likeness (QED) is 0.367. The highest BCUT2D eigenvalue weighted by Gasteiger charge is 2.14. The molecule has 0 saturated carbocycles. The summed E-state index contributed by atoms with van der Waals surface area (Å²) in [6.45, 7) is 5.24. The number of allylic oxidation sites excluding steroid dienone is 2. The highest BCUT2D eigenvalue weighted by Crippen LogP contribution is 2.32. The van der Waals surface area contributed by atoms with Gasteiger partial charge in [-0.05, 0) is 79.1 Å². The average molecular weight is 373 g/mol. The minimum atomic E-state index is 0.781. The highest BCUT2D eigenvalue weighted by molar-refractivity contribution is 5.67. The van der Waals surface area contributed by atoms with Gasteiger partial charge in [0.05, 0.1) is 6.61 Å². The Morgan fingerprint density at radius 1 is 0.893 bits per heavy atom. The van der Waals surface area contributed by atoms with Crippen LogP contribution in [0.5, 0.6) is 5.75 Å². The molecular weight excluding hydrogens is 340 g/mol. The molecule has 1 unspecified atom stereocenters. The summed E-state index contributed by atoms with van der Waals surface area (Å²) in [5.41, 5.74) is 4.94. The first kappa shape index (κ1) is 20.3. The molecule has 0 bridgehead atoms. The summed E-state index contributed by atoms with van der Waals surface area (Å²) < 4.78 is 5.70. The Labute approximate surface area is 170 Å². The molecule has 1 atom stereocenters.